The molecule has 0 radical (unpaired) electrons. The van der Waals surface area contributed by atoms with Crippen molar-refractivity contribution in [2.45, 2.75) is 26.3 Å². The maximum atomic E-state index is 11.6. The minimum atomic E-state index is -0.495. The number of hydrogen-bond acceptors (Lipinski definition) is 6. The molecule has 2 heterocycles. The van der Waals surface area contributed by atoms with Crippen LogP contribution in [0.2, 0.25) is 0 Å². The first kappa shape index (κ1) is 13.7. The van der Waals surface area contributed by atoms with Gasteiger partial charge in [0.15, 0.2) is 0 Å². The molecule has 1 fully saturated rings. The Hall–Kier alpha value is -1.69. The Morgan fingerprint density at radius 3 is 2.95 bits per heavy atom. The number of hydrogen-bond donors (Lipinski definition) is 1. The van der Waals surface area contributed by atoms with Gasteiger partial charge in [-0.2, -0.15) is 0 Å². The molecular weight excluding hydrogens is 244 g/mol. The highest BCUT2D eigenvalue weighted by atomic mass is 16.5. The molecule has 1 N–H and O–H groups in total. The molecule has 1 aliphatic heterocycles. The monoisotopic (exact) mass is 264 g/mol. The minimum absolute atomic E-state index is 0.127. The fourth-order valence-corrected chi connectivity index (χ4v) is 2.39. The van der Waals surface area contributed by atoms with Crippen LogP contribution in [0.25, 0.3) is 0 Å². The number of ether oxygens (including phenoxy) is 1. The zero-order chi connectivity index (χ0) is 13.8. The van der Waals surface area contributed by atoms with Crippen molar-refractivity contribution in [3.63, 3.8) is 0 Å². The van der Waals surface area contributed by atoms with Gasteiger partial charge in [-0.25, -0.2) is 14.8 Å². The SMILES string of the molecule is CCN(c1cc(C)nc(C(=O)OC)n1)C1CCNC1. The van der Waals surface area contributed by atoms with Crippen LogP contribution < -0.4 is 10.2 Å². The first-order chi connectivity index (χ1) is 9.15. The van der Waals surface area contributed by atoms with E-state index in [2.05, 4.69) is 27.1 Å². The second kappa shape index (κ2) is 5.97. The third-order valence-electron chi connectivity index (χ3n) is 3.32. The predicted octanol–water partition coefficient (Wildman–Crippen LogP) is 0.760. The van der Waals surface area contributed by atoms with Gasteiger partial charge in [0.2, 0.25) is 5.82 Å². The quantitative estimate of drug-likeness (QED) is 0.810. The molecule has 1 atom stereocenters. The summed E-state index contributed by atoms with van der Waals surface area (Å²) >= 11 is 0. The number of methoxy groups -OCH3 is 1. The molecule has 0 spiro atoms. The molecule has 1 aliphatic rings. The van der Waals surface area contributed by atoms with Crippen molar-refractivity contribution in [2.24, 2.45) is 0 Å². The number of anilines is 1. The maximum absolute atomic E-state index is 11.6. The Balaban J connectivity index is 2.31. The lowest BCUT2D eigenvalue weighted by Crippen LogP contribution is -2.37. The summed E-state index contributed by atoms with van der Waals surface area (Å²) in [4.78, 5) is 22.2. The fraction of sp³-hybridized carbons (Fsp3) is 0.615. The Morgan fingerprint density at radius 2 is 2.37 bits per heavy atom. The molecule has 0 bridgehead atoms. The fourth-order valence-electron chi connectivity index (χ4n) is 2.39. The molecule has 0 aromatic carbocycles. The van der Waals surface area contributed by atoms with Gasteiger partial charge in [0.05, 0.1) is 7.11 Å². The Morgan fingerprint density at radius 1 is 1.58 bits per heavy atom. The van der Waals surface area contributed by atoms with E-state index in [0.29, 0.717) is 6.04 Å². The third kappa shape index (κ3) is 3.01. The lowest BCUT2D eigenvalue weighted by Gasteiger charge is -2.28. The van der Waals surface area contributed by atoms with E-state index in [0.717, 1.165) is 37.6 Å². The van der Waals surface area contributed by atoms with Crippen LogP contribution in [0.15, 0.2) is 6.07 Å². The molecular formula is C13H20N4O2. The van der Waals surface area contributed by atoms with Crippen molar-refractivity contribution < 1.29 is 9.53 Å². The standard InChI is InChI=1S/C13H20N4O2/c1-4-17(10-5-6-14-8-10)11-7-9(2)15-12(16-11)13(18)19-3/h7,10,14H,4-6,8H2,1-3H3. The van der Waals surface area contributed by atoms with E-state index < -0.39 is 5.97 Å². The lowest BCUT2D eigenvalue weighted by molar-refractivity contribution is 0.0586. The molecule has 19 heavy (non-hydrogen) atoms. The first-order valence-corrected chi connectivity index (χ1v) is 6.57. The van der Waals surface area contributed by atoms with Gasteiger partial charge >= 0.3 is 5.97 Å². The zero-order valence-electron chi connectivity index (χ0n) is 11.6. The van der Waals surface area contributed by atoms with Crippen LogP contribution in [-0.2, 0) is 4.74 Å². The summed E-state index contributed by atoms with van der Waals surface area (Å²) in [6, 6.07) is 2.33. The van der Waals surface area contributed by atoms with E-state index in [-0.39, 0.29) is 5.82 Å². The molecule has 0 saturated carbocycles. The van der Waals surface area contributed by atoms with Crippen LogP contribution in [0, 0.1) is 6.92 Å². The molecule has 1 saturated heterocycles. The molecule has 1 unspecified atom stereocenters. The number of carbonyl (C=O) groups is 1. The van der Waals surface area contributed by atoms with Gasteiger partial charge in [0.1, 0.15) is 5.82 Å². The number of carbonyl (C=O) groups excluding carboxylic acids is 1. The molecule has 6 heteroatoms. The van der Waals surface area contributed by atoms with Crippen LogP contribution in [-0.4, -0.2) is 48.7 Å². The topological polar surface area (TPSA) is 67.4 Å². The second-order valence-electron chi connectivity index (χ2n) is 4.62. The largest absolute Gasteiger partial charge is 0.463 e. The van der Waals surface area contributed by atoms with Gasteiger partial charge in [-0.3, -0.25) is 0 Å². The van der Waals surface area contributed by atoms with Crippen molar-refractivity contribution >= 4 is 11.8 Å². The average Bonchev–Trinajstić information content (AvgIpc) is 2.92. The zero-order valence-corrected chi connectivity index (χ0v) is 11.6. The van der Waals surface area contributed by atoms with Crippen LogP contribution in [0.3, 0.4) is 0 Å². The summed E-state index contributed by atoms with van der Waals surface area (Å²) in [5.74, 6) is 0.427. The number of esters is 1. The summed E-state index contributed by atoms with van der Waals surface area (Å²) in [6.45, 7) is 6.77. The molecule has 1 aromatic heterocycles. The van der Waals surface area contributed by atoms with Crippen molar-refractivity contribution in [1.29, 1.82) is 0 Å². The molecule has 2 rings (SSSR count). The van der Waals surface area contributed by atoms with Gasteiger partial charge in [0, 0.05) is 30.9 Å². The Labute approximate surface area is 113 Å². The smallest absolute Gasteiger partial charge is 0.376 e. The van der Waals surface area contributed by atoms with E-state index in [1.165, 1.54) is 7.11 Å². The summed E-state index contributed by atoms with van der Waals surface area (Å²) in [5.41, 5.74) is 0.773. The molecule has 104 valence electrons. The molecule has 6 nitrogen and oxygen atoms in total. The van der Waals surface area contributed by atoms with Crippen molar-refractivity contribution in [1.82, 2.24) is 15.3 Å². The van der Waals surface area contributed by atoms with Gasteiger partial charge in [-0.05, 0) is 26.8 Å². The van der Waals surface area contributed by atoms with E-state index in [1.807, 2.05) is 13.0 Å². The van der Waals surface area contributed by atoms with Gasteiger partial charge in [0.25, 0.3) is 0 Å². The van der Waals surface area contributed by atoms with Crippen LogP contribution >= 0.6 is 0 Å². The average molecular weight is 264 g/mol. The van der Waals surface area contributed by atoms with Crippen molar-refractivity contribution in [3.8, 4) is 0 Å². The number of aryl methyl sites for hydroxylation is 1. The second-order valence-corrected chi connectivity index (χ2v) is 4.62. The Kier molecular flexibility index (Phi) is 4.31. The maximum Gasteiger partial charge on any atom is 0.376 e. The number of nitrogens with one attached hydrogen (secondary N) is 1. The highest BCUT2D eigenvalue weighted by molar-refractivity contribution is 5.85. The molecule has 0 aliphatic carbocycles. The Bertz CT molecular complexity index is 458. The van der Waals surface area contributed by atoms with Gasteiger partial charge in [-0.15, -0.1) is 0 Å². The number of rotatable bonds is 4. The summed E-state index contributed by atoms with van der Waals surface area (Å²) < 4.78 is 4.69. The highest BCUT2D eigenvalue weighted by Gasteiger charge is 2.23. The van der Waals surface area contributed by atoms with E-state index in [1.54, 1.807) is 0 Å². The normalized spacial score (nSPS) is 18.4. The number of aromatic nitrogens is 2. The summed E-state index contributed by atoms with van der Waals surface area (Å²) in [6.07, 6.45) is 1.09. The van der Waals surface area contributed by atoms with Gasteiger partial charge in [-0.1, -0.05) is 0 Å². The third-order valence-corrected chi connectivity index (χ3v) is 3.32. The van der Waals surface area contributed by atoms with E-state index in [4.69, 9.17) is 4.74 Å². The van der Waals surface area contributed by atoms with Crippen molar-refractivity contribution in [2.75, 3.05) is 31.6 Å². The summed E-state index contributed by atoms with van der Waals surface area (Å²) in [7, 11) is 1.34. The van der Waals surface area contributed by atoms with Crippen LogP contribution in [0.1, 0.15) is 29.7 Å². The highest BCUT2D eigenvalue weighted by Crippen LogP contribution is 2.19. The number of likely N-dealkylation sites (N-methyl/N-ethyl adjacent to an activating group) is 1. The lowest BCUT2D eigenvalue weighted by atomic mass is 10.2. The number of nitrogens with zero attached hydrogens (tertiary/aromatic N) is 3. The molecule has 0 amide bonds. The van der Waals surface area contributed by atoms with Crippen LogP contribution in [0.4, 0.5) is 5.82 Å². The van der Waals surface area contributed by atoms with E-state index >= 15 is 0 Å². The molecule has 1 aromatic rings. The predicted molar refractivity (Wildman–Crippen MR) is 72.4 cm³/mol. The first-order valence-electron chi connectivity index (χ1n) is 6.57. The van der Waals surface area contributed by atoms with Crippen LogP contribution in [0.5, 0.6) is 0 Å². The van der Waals surface area contributed by atoms with Gasteiger partial charge < -0.3 is 15.0 Å². The minimum Gasteiger partial charge on any atom is -0.463 e. The van der Waals surface area contributed by atoms with Crippen molar-refractivity contribution in [3.05, 3.63) is 17.6 Å². The van der Waals surface area contributed by atoms with E-state index in [9.17, 15) is 4.79 Å². The summed E-state index contributed by atoms with van der Waals surface area (Å²) in [5, 5.41) is 3.34.